The van der Waals surface area contributed by atoms with Gasteiger partial charge in [0.1, 0.15) is 0 Å². The minimum absolute atomic E-state index is 0.234. The van der Waals surface area contributed by atoms with E-state index in [0.717, 1.165) is 24.0 Å². The van der Waals surface area contributed by atoms with Gasteiger partial charge in [-0.2, -0.15) is 0 Å². The van der Waals surface area contributed by atoms with Gasteiger partial charge in [0.15, 0.2) is 17.3 Å². The molecule has 3 aromatic rings. The van der Waals surface area contributed by atoms with Gasteiger partial charge >= 0.3 is 0 Å². The lowest BCUT2D eigenvalue weighted by Gasteiger charge is -2.09. The minimum atomic E-state index is -0.234. The zero-order chi connectivity index (χ0) is 20.9. The molecule has 8 heteroatoms. The van der Waals surface area contributed by atoms with Crippen LogP contribution in [0.3, 0.4) is 0 Å². The molecule has 0 bridgehead atoms. The molecular weight excluding hydrogens is 382 g/mol. The normalized spacial score (nSPS) is 13.4. The van der Waals surface area contributed by atoms with Crippen LogP contribution in [-0.4, -0.2) is 39.8 Å². The molecule has 0 aliphatic heterocycles. The quantitative estimate of drug-likeness (QED) is 0.574. The summed E-state index contributed by atoms with van der Waals surface area (Å²) in [5.74, 6) is 1.78. The second-order valence-electron chi connectivity index (χ2n) is 6.92. The number of benzene rings is 2. The highest BCUT2D eigenvalue weighted by atomic mass is 16.5. The van der Waals surface area contributed by atoms with E-state index in [2.05, 4.69) is 20.8 Å². The van der Waals surface area contributed by atoms with Crippen molar-refractivity contribution in [3.63, 3.8) is 0 Å². The molecule has 1 fully saturated rings. The van der Waals surface area contributed by atoms with Crippen molar-refractivity contribution in [2.24, 2.45) is 0 Å². The molecule has 8 nitrogen and oxygen atoms in total. The van der Waals surface area contributed by atoms with Crippen LogP contribution in [0, 0.1) is 0 Å². The van der Waals surface area contributed by atoms with E-state index >= 15 is 0 Å². The molecule has 1 saturated carbocycles. The number of hydrogen-bond acceptors (Lipinski definition) is 6. The molecule has 0 radical (unpaired) electrons. The van der Waals surface area contributed by atoms with Crippen molar-refractivity contribution < 1.29 is 14.3 Å². The fourth-order valence-electron chi connectivity index (χ4n) is 3.10. The summed E-state index contributed by atoms with van der Waals surface area (Å²) >= 11 is 0. The lowest BCUT2D eigenvalue weighted by Crippen LogP contribution is -2.08. The summed E-state index contributed by atoms with van der Waals surface area (Å²) in [6.07, 6.45) is 5.40. The molecule has 0 atom stereocenters. The van der Waals surface area contributed by atoms with E-state index in [1.165, 1.54) is 6.08 Å². The van der Waals surface area contributed by atoms with Gasteiger partial charge in [0.25, 0.3) is 0 Å². The first-order chi connectivity index (χ1) is 14.7. The number of nitrogens with zero attached hydrogens (tertiary/aromatic N) is 4. The van der Waals surface area contributed by atoms with Crippen LogP contribution in [0.25, 0.3) is 17.5 Å². The summed E-state index contributed by atoms with van der Waals surface area (Å²) < 4.78 is 12.7. The largest absolute Gasteiger partial charge is 0.493 e. The van der Waals surface area contributed by atoms with Crippen molar-refractivity contribution in [1.29, 1.82) is 0 Å². The first-order valence-corrected chi connectivity index (χ1v) is 9.86. The van der Waals surface area contributed by atoms with Crippen LogP contribution >= 0.6 is 0 Å². The number of hydrogen-bond donors (Lipinski definition) is 1. The van der Waals surface area contributed by atoms with Crippen molar-refractivity contribution in [2.45, 2.75) is 25.8 Å². The summed E-state index contributed by atoms with van der Waals surface area (Å²) in [6.45, 7) is 2.47. The van der Waals surface area contributed by atoms with Gasteiger partial charge < -0.3 is 14.8 Å². The van der Waals surface area contributed by atoms with Crippen LogP contribution in [-0.2, 0) is 4.79 Å². The second kappa shape index (κ2) is 8.77. The second-order valence-corrected chi connectivity index (χ2v) is 6.92. The third kappa shape index (κ3) is 4.48. The maximum atomic E-state index is 12.4. The van der Waals surface area contributed by atoms with Gasteiger partial charge in [-0.05, 0) is 66.1 Å². The molecular formula is C22H23N5O3. The number of tetrazole rings is 1. The molecule has 1 aromatic heterocycles. The third-order valence-corrected chi connectivity index (χ3v) is 4.69. The molecule has 1 amide bonds. The highest BCUT2D eigenvalue weighted by Crippen LogP contribution is 2.36. The number of nitrogens with one attached hydrogen (secondary N) is 1. The van der Waals surface area contributed by atoms with Crippen LogP contribution in [0.4, 0.5) is 5.69 Å². The SMILES string of the molecule is CCOc1ccc(/C=C/C(=O)Nc2cccc(-c3nnnn3C3CC3)c2)cc1OC. The molecule has 30 heavy (non-hydrogen) atoms. The number of ether oxygens (including phenoxy) is 2. The summed E-state index contributed by atoms with van der Waals surface area (Å²) in [5, 5.41) is 14.9. The summed E-state index contributed by atoms with van der Waals surface area (Å²) in [6, 6.07) is 13.4. The minimum Gasteiger partial charge on any atom is -0.493 e. The van der Waals surface area contributed by atoms with E-state index in [0.29, 0.717) is 35.7 Å². The summed E-state index contributed by atoms with van der Waals surface area (Å²) in [5.41, 5.74) is 2.38. The van der Waals surface area contributed by atoms with Crippen LogP contribution in [0.15, 0.2) is 48.5 Å². The molecule has 0 spiro atoms. The Morgan fingerprint density at radius 3 is 2.87 bits per heavy atom. The van der Waals surface area contributed by atoms with Crippen LogP contribution in [0.5, 0.6) is 11.5 Å². The predicted octanol–water partition coefficient (Wildman–Crippen LogP) is 3.73. The molecule has 1 heterocycles. The molecule has 1 N–H and O–H groups in total. The van der Waals surface area contributed by atoms with Crippen molar-refractivity contribution in [3.05, 3.63) is 54.1 Å². The van der Waals surface area contributed by atoms with Gasteiger partial charge in [-0.15, -0.1) is 5.10 Å². The zero-order valence-corrected chi connectivity index (χ0v) is 16.9. The zero-order valence-electron chi connectivity index (χ0n) is 16.9. The number of rotatable bonds is 8. The molecule has 2 aromatic carbocycles. The lowest BCUT2D eigenvalue weighted by molar-refractivity contribution is -0.111. The number of methoxy groups -OCH3 is 1. The first-order valence-electron chi connectivity index (χ1n) is 9.86. The average Bonchev–Trinajstić information content (AvgIpc) is 3.49. The van der Waals surface area contributed by atoms with Gasteiger partial charge in [-0.1, -0.05) is 18.2 Å². The van der Waals surface area contributed by atoms with E-state index in [-0.39, 0.29) is 5.91 Å². The van der Waals surface area contributed by atoms with Gasteiger partial charge in [-0.3, -0.25) is 4.79 Å². The van der Waals surface area contributed by atoms with Crippen LogP contribution in [0.1, 0.15) is 31.4 Å². The van der Waals surface area contributed by atoms with E-state index < -0.39 is 0 Å². The maximum absolute atomic E-state index is 12.4. The standard InChI is InChI=1S/C22H23N5O3/c1-3-30-19-11-7-15(13-20(19)29-2)8-12-21(28)23-17-6-4-5-16(14-17)22-24-25-26-27(22)18-9-10-18/h4-8,11-14,18H,3,9-10H2,1-2H3,(H,23,28)/b12-8+. The number of carbonyl (C=O) groups is 1. The molecule has 1 aliphatic carbocycles. The third-order valence-electron chi connectivity index (χ3n) is 4.69. The van der Waals surface area contributed by atoms with Crippen LogP contribution in [0.2, 0.25) is 0 Å². The number of amides is 1. The van der Waals surface area contributed by atoms with Gasteiger partial charge in [-0.25, -0.2) is 4.68 Å². The highest BCUT2D eigenvalue weighted by molar-refractivity contribution is 6.02. The molecule has 0 saturated heterocycles. The Labute approximate surface area is 174 Å². The van der Waals surface area contributed by atoms with Crippen molar-refractivity contribution in [1.82, 2.24) is 20.2 Å². The maximum Gasteiger partial charge on any atom is 0.248 e. The van der Waals surface area contributed by atoms with Crippen molar-refractivity contribution in [3.8, 4) is 22.9 Å². The van der Waals surface area contributed by atoms with Crippen molar-refractivity contribution in [2.75, 3.05) is 19.0 Å². The topological polar surface area (TPSA) is 91.2 Å². The van der Waals surface area contributed by atoms with E-state index in [9.17, 15) is 4.79 Å². The Kier molecular flexibility index (Phi) is 5.74. The monoisotopic (exact) mass is 405 g/mol. The van der Waals surface area contributed by atoms with Gasteiger partial charge in [0.2, 0.25) is 5.91 Å². The number of aromatic nitrogens is 4. The fourth-order valence-corrected chi connectivity index (χ4v) is 3.10. The number of anilines is 1. The molecule has 0 unspecified atom stereocenters. The van der Waals surface area contributed by atoms with E-state index in [1.54, 1.807) is 13.2 Å². The Balaban J connectivity index is 1.45. The van der Waals surface area contributed by atoms with E-state index in [1.807, 2.05) is 54.1 Å². The molecule has 154 valence electrons. The Hall–Kier alpha value is -3.68. The smallest absolute Gasteiger partial charge is 0.248 e. The lowest BCUT2D eigenvalue weighted by atomic mass is 10.1. The predicted molar refractivity (Wildman–Crippen MR) is 113 cm³/mol. The molecule has 1 aliphatic rings. The van der Waals surface area contributed by atoms with Gasteiger partial charge in [0.05, 0.1) is 19.8 Å². The Morgan fingerprint density at radius 1 is 1.23 bits per heavy atom. The fraction of sp³-hybridized carbons (Fsp3) is 0.273. The van der Waals surface area contributed by atoms with Crippen LogP contribution < -0.4 is 14.8 Å². The number of carbonyl (C=O) groups excluding carboxylic acids is 1. The highest BCUT2D eigenvalue weighted by Gasteiger charge is 2.28. The van der Waals surface area contributed by atoms with Crippen molar-refractivity contribution >= 4 is 17.7 Å². The Bertz CT molecular complexity index is 1070. The first kappa shape index (κ1) is 19.6. The summed E-state index contributed by atoms with van der Waals surface area (Å²) in [7, 11) is 1.59. The van der Waals surface area contributed by atoms with Gasteiger partial charge in [0, 0.05) is 17.3 Å². The Morgan fingerprint density at radius 2 is 2.10 bits per heavy atom. The average molecular weight is 405 g/mol. The van der Waals surface area contributed by atoms with E-state index in [4.69, 9.17) is 9.47 Å². The molecule has 4 rings (SSSR count). The summed E-state index contributed by atoms with van der Waals surface area (Å²) in [4.78, 5) is 12.4.